The van der Waals surface area contributed by atoms with Crippen molar-refractivity contribution >= 4 is 11.0 Å². The number of rotatable bonds is 0. The topological polar surface area (TPSA) is 33.4 Å². The quantitative estimate of drug-likeness (QED) is 0.622. The van der Waals surface area contributed by atoms with Crippen LogP contribution in [0.25, 0.3) is 11.0 Å². The number of aromatic hydroxyl groups is 1. The van der Waals surface area contributed by atoms with Gasteiger partial charge in [-0.1, -0.05) is 12.1 Å². The Bertz CT molecular complexity index is 387. The van der Waals surface area contributed by atoms with Gasteiger partial charge in [-0.05, 0) is 18.6 Å². The summed E-state index contributed by atoms with van der Waals surface area (Å²) in [5.74, 6) is 0.212. The highest BCUT2D eigenvalue weighted by Gasteiger charge is 2.04. The van der Waals surface area contributed by atoms with Crippen molar-refractivity contribution in [1.82, 2.24) is 0 Å². The highest BCUT2D eigenvalue weighted by molar-refractivity contribution is 5.85. The maximum absolute atomic E-state index is 9.24. The Morgan fingerprint density at radius 3 is 2.91 bits per heavy atom. The van der Waals surface area contributed by atoms with Crippen LogP contribution in [0.2, 0.25) is 0 Å². The van der Waals surface area contributed by atoms with E-state index < -0.39 is 0 Å². The molecule has 2 rings (SSSR count). The fraction of sp³-hybridized carbons (Fsp3) is 0.111. The summed E-state index contributed by atoms with van der Waals surface area (Å²) in [6.07, 6.45) is 1.36. The molecule has 0 aliphatic heterocycles. The average molecular weight is 148 g/mol. The Balaban J connectivity index is 2.94. The number of hydrogen-bond acceptors (Lipinski definition) is 2. The molecule has 0 bridgehead atoms. The minimum atomic E-state index is 0.212. The number of furan rings is 1. The molecule has 0 saturated heterocycles. The summed E-state index contributed by atoms with van der Waals surface area (Å²) in [6, 6.07) is 5.68. The van der Waals surface area contributed by atoms with Crippen LogP contribution in [0.1, 0.15) is 5.56 Å². The molecule has 0 unspecified atom stereocenters. The molecule has 2 heteroatoms. The Labute approximate surface area is 64.1 Å². The number of benzene rings is 1. The fourth-order valence-corrected chi connectivity index (χ4v) is 1.19. The number of hydrogen-bond donors (Lipinski definition) is 1. The van der Waals surface area contributed by atoms with Crippen molar-refractivity contribution in [3.8, 4) is 5.75 Å². The van der Waals surface area contributed by atoms with Gasteiger partial charge in [0.15, 0.2) is 5.75 Å². The third kappa shape index (κ3) is 0.792. The molecule has 2 aromatic rings. The van der Waals surface area contributed by atoms with Crippen LogP contribution in [0.3, 0.4) is 0 Å². The molecule has 2 nitrogen and oxygen atoms in total. The standard InChI is InChI=1S/C9H8O2/c1-6-3-2-4-7-8(10)5-11-9(6)7/h2-5,10H,1H3. The predicted octanol–water partition coefficient (Wildman–Crippen LogP) is 2.45. The van der Waals surface area contributed by atoms with E-state index in [9.17, 15) is 5.11 Å². The second-order valence-electron chi connectivity index (χ2n) is 2.57. The zero-order valence-corrected chi connectivity index (χ0v) is 6.16. The van der Waals surface area contributed by atoms with Gasteiger partial charge in [-0.3, -0.25) is 0 Å². The second kappa shape index (κ2) is 2.02. The van der Waals surface area contributed by atoms with E-state index >= 15 is 0 Å². The molecular formula is C9H8O2. The van der Waals surface area contributed by atoms with E-state index in [-0.39, 0.29) is 5.75 Å². The van der Waals surface area contributed by atoms with Crippen LogP contribution < -0.4 is 0 Å². The van der Waals surface area contributed by atoms with Gasteiger partial charge in [0.2, 0.25) is 0 Å². The monoisotopic (exact) mass is 148 g/mol. The lowest BCUT2D eigenvalue weighted by Crippen LogP contribution is -1.70. The summed E-state index contributed by atoms with van der Waals surface area (Å²) in [6.45, 7) is 1.95. The van der Waals surface area contributed by atoms with E-state index in [2.05, 4.69) is 0 Å². The summed E-state index contributed by atoms with van der Waals surface area (Å²) in [5, 5.41) is 10.0. The number of aryl methyl sites for hydroxylation is 1. The van der Waals surface area contributed by atoms with Crippen LogP contribution in [-0.4, -0.2) is 5.11 Å². The molecule has 56 valence electrons. The van der Waals surface area contributed by atoms with E-state index in [1.54, 1.807) is 0 Å². The fourth-order valence-electron chi connectivity index (χ4n) is 1.19. The maximum Gasteiger partial charge on any atom is 0.161 e. The molecule has 0 radical (unpaired) electrons. The molecule has 11 heavy (non-hydrogen) atoms. The first kappa shape index (κ1) is 6.28. The first-order chi connectivity index (χ1) is 5.29. The molecular weight excluding hydrogens is 140 g/mol. The first-order valence-electron chi connectivity index (χ1n) is 3.45. The summed E-state index contributed by atoms with van der Waals surface area (Å²) < 4.78 is 5.13. The van der Waals surface area contributed by atoms with E-state index in [1.165, 1.54) is 6.26 Å². The molecule has 1 N–H and O–H groups in total. The van der Waals surface area contributed by atoms with Gasteiger partial charge in [0.25, 0.3) is 0 Å². The molecule has 1 aromatic carbocycles. The largest absolute Gasteiger partial charge is 0.504 e. The lowest BCUT2D eigenvalue weighted by Gasteiger charge is -1.91. The van der Waals surface area contributed by atoms with Crippen molar-refractivity contribution in [2.75, 3.05) is 0 Å². The zero-order chi connectivity index (χ0) is 7.84. The van der Waals surface area contributed by atoms with E-state index in [1.807, 2.05) is 25.1 Å². The molecule has 0 amide bonds. The van der Waals surface area contributed by atoms with Crippen LogP contribution in [-0.2, 0) is 0 Å². The molecule has 0 atom stereocenters. The van der Waals surface area contributed by atoms with E-state index in [0.717, 1.165) is 16.5 Å². The van der Waals surface area contributed by atoms with Crippen molar-refractivity contribution in [3.63, 3.8) is 0 Å². The molecule has 0 aliphatic carbocycles. The molecule has 1 aromatic heterocycles. The normalized spacial score (nSPS) is 10.6. The van der Waals surface area contributed by atoms with E-state index in [4.69, 9.17) is 4.42 Å². The summed E-state index contributed by atoms with van der Waals surface area (Å²) in [4.78, 5) is 0. The van der Waals surface area contributed by atoms with Gasteiger partial charge in [-0.15, -0.1) is 0 Å². The van der Waals surface area contributed by atoms with Crippen LogP contribution in [0, 0.1) is 6.92 Å². The summed E-state index contributed by atoms with van der Waals surface area (Å²) in [5.41, 5.74) is 1.81. The second-order valence-corrected chi connectivity index (χ2v) is 2.57. The van der Waals surface area contributed by atoms with Crippen LogP contribution >= 0.6 is 0 Å². The Morgan fingerprint density at radius 2 is 2.18 bits per heavy atom. The first-order valence-corrected chi connectivity index (χ1v) is 3.45. The highest BCUT2D eigenvalue weighted by Crippen LogP contribution is 2.28. The maximum atomic E-state index is 9.24. The third-order valence-electron chi connectivity index (χ3n) is 1.78. The highest BCUT2D eigenvalue weighted by atomic mass is 16.4. The van der Waals surface area contributed by atoms with Crippen molar-refractivity contribution in [3.05, 3.63) is 30.0 Å². The lowest BCUT2D eigenvalue weighted by atomic mass is 10.2. The predicted molar refractivity (Wildman–Crippen MR) is 42.6 cm³/mol. The lowest BCUT2D eigenvalue weighted by molar-refractivity contribution is 0.464. The van der Waals surface area contributed by atoms with Gasteiger partial charge >= 0.3 is 0 Å². The van der Waals surface area contributed by atoms with Gasteiger partial charge in [-0.2, -0.15) is 0 Å². The van der Waals surface area contributed by atoms with Gasteiger partial charge in [0.1, 0.15) is 11.8 Å². The van der Waals surface area contributed by atoms with Crippen molar-refractivity contribution < 1.29 is 9.52 Å². The smallest absolute Gasteiger partial charge is 0.161 e. The van der Waals surface area contributed by atoms with Gasteiger partial charge in [0, 0.05) is 0 Å². The Hall–Kier alpha value is -1.44. The molecule has 0 fully saturated rings. The van der Waals surface area contributed by atoms with Crippen molar-refractivity contribution in [2.45, 2.75) is 6.92 Å². The van der Waals surface area contributed by atoms with Crippen molar-refractivity contribution in [2.24, 2.45) is 0 Å². The SMILES string of the molecule is Cc1cccc2c(O)coc12. The molecule has 0 saturated carbocycles. The van der Waals surface area contributed by atoms with Crippen LogP contribution in [0.4, 0.5) is 0 Å². The molecule has 0 spiro atoms. The summed E-state index contributed by atoms with van der Waals surface area (Å²) in [7, 11) is 0. The Kier molecular flexibility index (Phi) is 1.15. The molecule has 1 heterocycles. The van der Waals surface area contributed by atoms with Gasteiger partial charge in [0.05, 0.1) is 5.39 Å². The summed E-state index contributed by atoms with van der Waals surface area (Å²) >= 11 is 0. The minimum absolute atomic E-state index is 0.212. The number of fused-ring (bicyclic) bond motifs is 1. The zero-order valence-electron chi connectivity index (χ0n) is 6.16. The Morgan fingerprint density at radius 1 is 1.36 bits per heavy atom. The number of para-hydroxylation sites is 1. The average Bonchev–Trinajstić information content (AvgIpc) is 2.35. The van der Waals surface area contributed by atoms with E-state index in [0.29, 0.717) is 0 Å². The van der Waals surface area contributed by atoms with Crippen LogP contribution in [0.5, 0.6) is 5.75 Å². The third-order valence-corrected chi connectivity index (χ3v) is 1.78. The van der Waals surface area contributed by atoms with Gasteiger partial charge < -0.3 is 9.52 Å². The van der Waals surface area contributed by atoms with Crippen molar-refractivity contribution in [1.29, 1.82) is 0 Å². The molecule has 0 aliphatic rings. The minimum Gasteiger partial charge on any atom is -0.504 e. The van der Waals surface area contributed by atoms with Gasteiger partial charge in [-0.25, -0.2) is 0 Å². The van der Waals surface area contributed by atoms with Crippen LogP contribution in [0.15, 0.2) is 28.9 Å².